The predicted octanol–water partition coefficient (Wildman–Crippen LogP) is 2.62. The van der Waals surface area contributed by atoms with Crippen molar-refractivity contribution in [1.29, 1.82) is 0 Å². The van der Waals surface area contributed by atoms with Crippen LogP contribution in [-0.4, -0.2) is 31.1 Å². The minimum atomic E-state index is -1.06. The lowest BCUT2D eigenvalue weighted by Crippen LogP contribution is -2.42. The van der Waals surface area contributed by atoms with E-state index in [2.05, 4.69) is 28.8 Å². The van der Waals surface area contributed by atoms with E-state index in [4.69, 9.17) is 0 Å². The summed E-state index contributed by atoms with van der Waals surface area (Å²) in [6.45, 7) is 7.89. The Morgan fingerprint density at radius 1 is 1.50 bits per heavy atom. The van der Waals surface area contributed by atoms with E-state index >= 15 is 0 Å². The zero-order valence-corrected chi connectivity index (χ0v) is 12.1. The highest BCUT2D eigenvalue weighted by Crippen LogP contribution is 2.13. The van der Waals surface area contributed by atoms with Gasteiger partial charge in [-0.3, -0.25) is 4.99 Å². The van der Waals surface area contributed by atoms with Crippen molar-refractivity contribution in [2.75, 3.05) is 13.1 Å². The van der Waals surface area contributed by atoms with Crippen molar-refractivity contribution in [3.8, 4) is 0 Å². The van der Waals surface area contributed by atoms with Gasteiger partial charge in [-0.15, -0.1) is 0 Å². The van der Waals surface area contributed by atoms with Crippen molar-refractivity contribution in [2.24, 2.45) is 4.99 Å². The molecule has 0 aromatic rings. The zero-order chi connectivity index (χ0) is 13.5. The SMILES string of the molecule is C=C(/C=C/I)NC(=N[C@H]1CNCC[C@@H]1F)C(=C)F. The minimum Gasteiger partial charge on any atom is -0.339 e. The molecule has 0 aromatic carbocycles. The van der Waals surface area contributed by atoms with Crippen molar-refractivity contribution in [2.45, 2.75) is 18.6 Å². The summed E-state index contributed by atoms with van der Waals surface area (Å²) in [4.78, 5) is 4.03. The van der Waals surface area contributed by atoms with Crippen LogP contribution in [0.2, 0.25) is 0 Å². The second-order valence-electron chi connectivity index (χ2n) is 3.90. The topological polar surface area (TPSA) is 36.4 Å². The molecule has 1 heterocycles. The van der Waals surface area contributed by atoms with Crippen LogP contribution in [0.25, 0.3) is 0 Å². The Morgan fingerprint density at radius 3 is 2.78 bits per heavy atom. The molecule has 1 fully saturated rings. The molecular weight excluding hydrogens is 351 g/mol. The Balaban J connectivity index is 2.76. The molecule has 2 atom stereocenters. The van der Waals surface area contributed by atoms with E-state index < -0.39 is 18.0 Å². The molecule has 1 aliphatic rings. The standard InChI is InChI=1S/C12H16F2IN3/c1-8(3-5-15)17-12(9(2)13)18-11-7-16-6-4-10(11)14/h3,5,10-11,16H,1-2,4,6-7H2,(H,17,18)/b5-3+/t10-,11-/m0/s1. The fourth-order valence-electron chi connectivity index (χ4n) is 1.54. The van der Waals surface area contributed by atoms with Gasteiger partial charge < -0.3 is 10.6 Å². The van der Waals surface area contributed by atoms with Gasteiger partial charge in [-0.1, -0.05) is 35.7 Å². The van der Waals surface area contributed by atoms with Crippen molar-refractivity contribution < 1.29 is 8.78 Å². The third-order valence-electron chi connectivity index (χ3n) is 2.46. The number of nitrogens with one attached hydrogen (secondary N) is 2. The average Bonchev–Trinajstić information content (AvgIpc) is 2.31. The molecule has 0 amide bonds. The molecule has 0 bridgehead atoms. The molecule has 3 nitrogen and oxygen atoms in total. The largest absolute Gasteiger partial charge is 0.339 e. The number of hydrogen-bond acceptors (Lipinski definition) is 2. The number of halogens is 3. The normalized spacial score (nSPS) is 25.2. The molecule has 0 radical (unpaired) electrons. The number of aliphatic imine (C=N–C) groups is 1. The number of allylic oxidation sites excluding steroid dienone is 1. The second kappa shape index (κ2) is 7.63. The quantitative estimate of drug-likeness (QED) is 0.347. The molecule has 1 rings (SSSR count). The van der Waals surface area contributed by atoms with E-state index in [0.29, 0.717) is 25.2 Å². The van der Waals surface area contributed by atoms with Gasteiger partial charge in [0.1, 0.15) is 6.17 Å². The van der Waals surface area contributed by atoms with Gasteiger partial charge in [0.05, 0.1) is 6.04 Å². The van der Waals surface area contributed by atoms with Gasteiger partial charge in [0, 0.05) is 12.2 Å². The maximum absolute atomic E-state index is 13.6. The fourth-order valence-corrected chi connectivity index (χ4v) is 1.98. The molecule has 0 unspecified atom stereocenters. The fraction of sp³-hybridized carbons (Fsp3) is 0.417. The summed E-state index contributed by atoms with van der Waals surface area (Å²) < 4.78 is 28.6. The Bertz CT molecular complexity index is 380. The van der Waals surface area contributed by atoms with Crippen LogP contribution in [0.5, 0.6) is 0 Å². The highest BCUT2D eigenvalue weighted by Gasteiger charge is 2.24. The lowest BCUT2D eigenvalue weighted by Gasteiger charge is -2.24. The smallest absolute Gasteiger partial charge is 0.161 e. The molecule has 0 spiro atoms. The summed E-state index contributed by atoms with van der Waals surface area (Å²) >= 11 is 2.02. The van der Waals surface area contributed by atoms with E-state index in [0.717, 1.165) is 0 Å². The average molecular weight is 367 g/mol. The number of alkyl halides is 1. The third-order valence-corrected chi connectivity index (χ3v) is 2.82. The molecule has 18 heavy (non-hydrogen) atoms. The van der Waals surface area contributed by atoms with Crippen LogP contribution in [0.4, 0.5) is 8.78 Å². The van der Waals surface area contributed by atoms with Gasteiger partial charge in [-0.25, -0.2) is 8.78 Å². The molecule has 1 aliphatic heterocycles. The van der Waals surface area contributed by atoms with E-state index in [1.807, 2.05) is 22.6 Å². The highest BCUT2D eigenvalue weighted by molar-refractivity contribution is 14.1. The first-order chi connectivity index (χ1) is 8.54. The lowest BCUT2D eigenvalue weighted by molar-refractivity contribution is 0.230. The maximum Gasteiger partial charge on any atom is 0.161 e. The Labute approximate surface area is 119 Å². The van der Waals surface area contributed by atoms with Crippen LogP contribution in [0.15, 0.2) is 39.8 Å². The summed E-state index contributed by atoms with van der Waals surface area (Å²) in [5.74, 6) is -0.790. The third kappa shape index (κ3) is 4.85. The molecule has 2 N–H and O–H groups in total. The van der Waals surface area contributed by atoms with Gasteiger partial charge in [0.25, 0.3) is 0 Å². The zero-order valence-electron chi connectivity index (χ0n) is 9.93. The van der Waals surface area contributed by atoms with Crippen molar-refractivity contribution in [3.05, 3.63) is 34.8 Å². The predicted molar refractivity (Wildman–Crippen MR) is 79.3 cm³/mol. The van der Waals surface area contributed by atoms with Gasteiger partial charge in [0.2, 0.25) is 0 Å². The first-order valence-electron chi connectivity index (χ1n) is 5.54. The van der Waals surface area contributed by atoms with Crippen LogP contribution >= 0.6 is 22.6 Å². The van der Waals surface area contributed by atoms with Crippen LogP contribution in [0, 0.1) is 0 Å². The van der Waals surface area contributed by atoms with Crippen LogP contribution in [0.1, 0.15) is 6.42 Å². The molecule has 0 aliphatic carbocycles. The van der Waals surface area contributed by atoms with Crippen LogP contribution < -0.4 is 10.6 Å². The number of nitrogens with zero attached hydrogens (tertiary/aromatic N) is 1. The van der Waals surface area contributed by atoms with Gasteiger partial charge >= 0.3 is 0 Å². The maximum atomic E-state index is 13.6. The Morgan fingerprint density at radius 2 is 2.22 bits per heavy atom. The first-order valence-corrected chi connectivity index (χ1v) is 6.79. The Hall–Kier alpha value is -0.760. The summed E-state index contributed by atoms with van der Waals surface area (Å²) in [5.41, 5.74) is 0.473. The molecular formula is C12H16F2IN3. The van der Waals surface area contributed by atoms with E-state index in [9.17, 15) is 8.78 Å². The van der Waals surface area contributed by atoms with Gasteiger partial charge in [-0.05, 0) is 23.1 Å². The number of hydrogen-bond donors (Lipinski definition) is 2. The lowest BCUT2D eigenvalue weighted by atomic mass is 10.1. The van der Waals surface area contributed by atoms with E-state index in [-0.39, 0.29) is 5.84 Å². The number of rotatable bonds is 4. The number of piperidine rings is 1. The molecule has 1 saturated heterocycles. The summed E-state index contributed by atoms with van der Waals surface area (Å²) in [6, 6.07) is -0.592. The van der Waals surface area contributed by atoms with Crippen LogP contribution in [-0.2, 0) is 0 Å². The highest BCUT2D eigenvalue weighted by atomic mass is 127. The summed E-state index contributed by atoms with van der Waals surface area (Å²) in [5, 5.41) is 5.70. The van der Waals surface area contributed by atoms with Crippen molar-refractivity contribution in [1.82, 2.24) is 10.6 Å². The monoisotopic (exact) mass is 367 g/mol. The Kier molecular flexibility index (Phi) is 6.48. The van der Waals surface area contributed by atoms with E-state index in [1.54, 1.807) is 10.2 Å². The molecule has 6 heteroatoms. The first kappa shape index (κ1) is 15.3. The van der Waals surface area contributed by atoms with Gasteiger partial charge in [-0.2, -0.15) is 0 Å². The second-order valence-corrected chi connectivity index (χ2v) is 4.62. The van der Waals surface area contributed by atoms with E-state index in [1.165, 1.54) is 0 Å². The van der Waals surface area contributed by atoms with Crippen molar-refractivity contribution in [3.63, 3.8) is 0 Å². The van der Waals surface area contributed by atoms with Crippen LogP contribution in [0.3, 0.4) is 0 Å². The van der Waals surface area contributed by atoms with Crippen molar-refractivity contribution >= 4 is 28.4 Å². The molecule has 100 valence electrons. The minimum absolute atomic E-state index is 0.0640. The summed E-state index contributed by atoms with van der Waals surface area (Å²) in [6.07, 6.45) is 0.982. The summed E-state index contributed by atoms with van der Waals surface area (Å²) in [7, 11) is 0. The van der Waals surface area contributed by atoms with Gasteiger partial charge in [0.15, 0.2) is 11.7 Å². The molecule has 0 aromatic heterocycles. The number of amidine groups is 1. The molecule has 0 saturated carbocycles.